The number of aryl methyl sites for hydroxylation is 1. The molecule has 0 spiro atoms. The maximum Gasteiger partial charge on any atom is 0.257 e. The van der Waals surface area contributed by atoms with Gasteiger partial charge >= 0.3 is 0 Å². The maximum absolute atomic E-state index is 12.4. The van der Waals surface area contributed by atoms with Gasteiger partial charge in [0.15, 0.2) is 10.7 Å². The number of hydrogen-bond acceptors (Lipinski definition) is 4. The van der Waals surface area contributed by atoms with Crippen molar-refractivity contribution in [2.24, 2.45) is 0 Å². The van der Waals surface area contributed by atoms with Crippen LogP contribution in [0.5, 0.6) is 0 Å². The molecular formula is C22H15Cl2N3O2S. The number of nitrogens with one attached hydrogen (secondary N) is 2. The number of nitrogens with zero attached hydrogens (tertiary/aromatic N) is 1. The SMILES string of the molecule is Cc1ccccc1C(=O)NC(=S)Nc1ccc2oc(-c3cc(Cl)ccc3Cl)nc2c1. The van der Waals surface area contributed by atoms with Gasteiger partial charge in [0.05, 0.1) is 10.6 Å². The highest BCUT2D eigenvalue weighted by molar-refractivity contribution is 7.80. The lowest BCUT2D eigenvalue weighted by Gasteiger charge is -2.10. The molecule has 0 fully saturated rings. The van der Waals surface area contributed by atoms with Crippen LogP contribution in [0.4, 0.5) is 5.69 Å². The summed E-state index contributed by atoms with van der Waals surface area (Å²) in [6, 6.07) is 17.7. The summed E-state index contributed by atoms with van der Waals surface area (Å²) in [5.41, 5.74) is 3.90. The van der Waals surface area contributed by atoms with E-state index in [0.717, 1.165) is 5.56 Å². The number of carbonyl (C=O) groups excluding carboxylic acids is 1. The van der Waals surface area contributed by atoms with E-state index < -0.39 is 0 Å². The van der Waals surface area contributed by atoms with Gasteiger partial charge in [-0.3, -0.25) is 10.1 Å². The van der Waals surface area contributed by atoms with Gasteiger partial charge in [-0.1, -0.05) is 41.4 Å². The molecule has 4 rings (SSSR count). The second-order valence-electron chi connectivity index (χ2n) is 6.55. The first kappa shape index (κ1) is 20.3. The van der Waals surface area contributed by atoms with Gasteiger partial charge in [-0.15, -0.1) is 0 Å². The minimum absolute atomic E-state index is 0.184. The fraction of sp³-hybridized carbons (Fsp3) is 0.0455. The van der Waals surface area contributed by atoms with Crippen LogP contribution in [0.25, 0.3) is 22.6 Å². The van der Waals surface area contributed by atoms with Crippen LogP contribution in [-0.4, -0.2) is 16.0 Å². The number of thiocarbonyl (C=S) groups is 1. The quantitative estimate of drug-likeness (QED) is 0.358. The van der Waals surface area contributed by atoms with E-state index in [1.165, 1.54) is 0 Å². The van der Waals surface area contributed by atoms with Crippen LogP contribution in [0, 0.1) is 6.92 Å². The number of oxazole rings is 1. The van der Waals surface area contributed by atoms with E-state index in [2.05, 4.69) is 15.6 Å². The molecule has 5 nitrogen and oxygen atoms in total. The molecule has 0 saturated heterocycles. The summed E-state index contributed by atoms with van der Waals surface area (Å²) in [5, 5.41) is 6.89. The van der Waals surface area contributed by atoms with Crippen LogP contribution in [0.1, 0.15) is 15.9 Å². The third-order valence-electron chi connectivity index (χ3n) is 4.42. The summed E-state index contributed by atoms with van der Waals surface area (Å²) < 4.78 is 5.80. The van der Waals surface area contributed by atoms with Gasteiger partial charge in [0.1, 0.15) is 5.52 Å². The van der Waals surface area contributed by atoms with Crippen molar-refractivity contribution in [3.8, 4) is 11.5 Å². The predicted octanol–water partition coefficient (Wildman–Crippen LogP) is 6.24. The van der Waals surface area contributed by atoms with Crippen LogP contribution < -0.4 is 10.6 Å². The lowest BCUT2D eigenvalue weighted by molar-refractivity contribution is 0.0977. The summed E-state index contributed by atoms with van der Waals surface area (Å²) >= 11 is 17.6. The molecule has 1 amide bonds. The molecule has 0 aliphatic heterocycles. The molecule has 3 aromatic carbocycles. The van der Waals surface area contributed by atoms with Crippen LogP contribution in [0.3, 0.4) is 0 Å². The lowest BCUT2D eigenvalue weighted by atomic mass is 10.1. The molecule has 0 saturated carbocycles. The van der Waals surface area contributed by atoms with Crippen molar-refractivity contribution >= 4 is 63.2 Å². The molecule has 150 valence electrons. The highest BCUT2D eigenvalue weighted by Gasteiger charge is 2.14. The van der Waals surface area contributed by atoms with Crippen LogP contribution in [0.15, 0.2) is 65.1 Å². The average Bonchev–Trinajstić information content (AvgIpc) is 3.13. The first-order chi connectivity index (χ1) is 14.4. The molecule has 0 radical (unpaired) electrons. The van der Waals surface area contributed by atoms with E-state index in [9.17, 15) is 4.79 Å². The summed E-state index contributed by atoms with van der Waals surface area (Å²) in [7, 11) is 0. The van der Waals surface area contributed by atoms with E-state index in [1.54, 1.807) is 48.5 Å². The Morgan fingerprint density at radius 1 is 1.07 bits per heavy atom. The Labute approximate surface area is 188 Å². The topological polar surface area (TPSA) is 67.2 Å². The number of aromatic nitrogens is 1. The Hall–Kier alpha value is -2.93. The number of benzene rings is 3. The highest BCUT2D eigenvalue weighted by Crippen LogP contribution is 2.32. The molecule has 1 heterocycles. The van der Waals surface area contributed by atoms with Crippen molar-refractivity contribution in [2.75, 3.05) is 5.32 Å². The standard InChI is InChI=1S/C22H15Cl2N3O2S/c1-12-4-2-3-5-15(12)20(28)27-22(30)25-14-7-9-19-18(11-14)26-21(29-19)16-10-13(23)6-8-17(16)24/h2-11H,1H3,(H2,25,27,28,30). The third kappa shape index (κ3) is 4.31. The normalized spacial score (nSPS) is 10.8. The molecular weight excluding hydrogens is 441 g/mol. The molecule has 0 atom stereocenters. The van der Waals surface area contributed by atoms with Crippen LogP contribution in [0.2, 0.25) is 10.0 Å². The zero-order valence-electron chi connectivity index (χ0n) is 15.7. The number of fused-ring (bicyclic) bond motifs is 1. The van der Waals surface area contributed by atoms with Gasteiger partial charge in [-0.25, -0.2) is 4.98 Å². The first-order valence-electron chi connectivity index (χ1n) is 8.95. The number of hydrogen-bond donors (Lipinski definition) is 2. The molecule has 8 heteroatoms. The summed E-state index contributed by atoms with van der Waals surface area (Å²) in [5.74, 6) is 0.0936. The number of halogens is 2. The second-order valence-corrected chi connectivity index (χ2v) is 7.80. The van der Waals surface area contributed by atoms with Crippen molar-refractivity contribution in [1.29, 1.82) is 0 Å². The van der Waals surface area contributed by atoms with Crippen LogP contribution in [-0.2, 0) is 0 Å². The smallest absolute Gasteiger partial charge is 0.257 e. The fourth-order valence-corrected chi connectivity index (χ4v) is 3.52. The van der Waals surface area contributed by atoms with E-state index in [4.69, 9.17) is 39.8 Å². The minimum atomic E-state index is -0.272. The number of rotatable bonds is 3. The summed E-state index contributed by atoms with van der Waals surface area (Å²) in [6.45, 7) is 1.87. The van der Waals surface area contributed by atoms with Gasteiger partial charge in [-0.05, 0) is 67.2 Å². The zero-order chi connectivity index (χ0) is 21.3. The van der Waals surface area contributed by atoms with Crippen molar-refractivity contribution in [3.63, 3.8) is 0 Å². The maximum atomic E-state index is 12.4. The predicted molar refractivity (Wildman–Crippen MR) is 124 cm³/mol. The molecule has 0 bridgehead atoms. The number of anilines is 1. The zero-order valence-corrected chi connectivity index (χ0v) is 18.0. The molecule has 0 aliphatic rings. The minimum Gasteiger partial charge on any atom is -0.436 e. The Kier molecular flexibility index (Phi) is 5.72. The Bertz CT molecular complexity index is 1290. The number of amides is 1. The van der Waals surface area contributed by atoms with Gasteiger partial charge in [-0.2, -0.15) is 0 Å². The Balaban J connectivity index is 1.52. The van der Waals surface area contributed by atoms with Crippen LogP contribution >= 0.6 is 35.4 Å². The van der Waals surface area contributed by atoms with Gasteiger partial charge < -0.3 is 9.73 Å². The summed E-state index contributed by atoms with van der Waals surface area (Å²) in [6.07, 6.45) is 0. The van der Waals surface area contributed by atoms with E-state index in [1.807, 2.05) is 19.1 Å². The number of carbonyl (C=O) groups is 1. The van der Waals surface area contributed by atoms with Crippen molar-refractivity contribution in [2.45, 2.75) is 6.92 Å². The Morgan fingerprint density at radius 3 is 2.67 bits per heavy atom. The monoisotopic (exact) mass is 455 g/mol. The molecule has 0 unspecified atom stereocenters. The second kappa shape index (κ2) is 8.44. The van der Waals surface area contributed by atoms with Gasteiger partial charge in [0.2, 0.25) is 5.89 Å². The molecule has 0 aliphatic carbocycles. The molecule has 1 aromatic heterocycles. The van der Waals surface area contributed by atoms with Crippen molar-refractivity contribution in [3.05, 3.63) is 81.8 Å². The highest BCUT2D eigenvalue weighted by atomic mass is 35.5. The largest absolute Gasteiger partial charge is 0.436 e. The lowest BCUT2D eigenvalue weighted by Crippen LogP contribution is -2.34. The van der Waals surface area contributed by atoms with E-state index >= 15 is 0 Å². The van der Waals surface area contributed by atoms with Gasteiger partial charge in [0, 0.05) is 16.3 Å². The van der Waals surface area contributed by atoms with Gasteiger partial charge in [0.25, 0.3) is 5.91 Å². The summed E-state index contributed by atoms with van der Waals surface area (Å²) in [4.78, 5) is 16.9. The third-order valence-corrected chi connectivity index (χ3v) is 5.19. The average molecular weight is 456 g/mol. The molecule has 2 N–H and O–H groups in total. The van der Waals surface area contributed by atoms with Crippen molar-refractivity contribution in [1.82, 2.24) is 10.3 Å². The van der Waals surface area contributed by atoms with E-state index in [0.29, 0.717) is 43.9 Å². The first-order valence-corrected chi connectivity index (χ1v) is 10.1. The molecule has 4 aromatic rings. The Morgan fingerprint density at radius 2 is 1.87 bits per heavy atom. The van der Waals surface area contributed by atoms with Crippen molar-refractivity contribution < 1.29 is 9.21 Å². The van der Waals surface area contributed by atoms with E-state index in [-0.39, 0.29) is 11.0 Å². The molecule has 30 heavy (non-hydrogen) atoms. The fourth-order valence-electron chi connectivity index (χ4n) is 2.94.